The normalized spacial score (nSPS) is 20.1. The van der Waals surface area contributed by atoms with Crippen LogP contribution in [0, 0.1) is 0 Å². The first-order chi connectivity index (χ1) is 14.2. The van der Waals surface area contributed by atoms with Crippen LogP contribution in [-0.2, 0) is 0 Å². The average Bonchev–Trinajstić information content (AvgIpc) is 3.09. The van der Waals surface area contributed by atoms with Gasteiger partial charge in [0.1, 0.15) is 18.0 Å². The maximum Gasteiger partial charge on any atom is 0.253 e. The average molecular weight is 416 g/mol. The number of hydrogen-bond acceptors (Lipinski definition) is 6. The van der Waals surface area contributed by atoms with Gasteiger partial charge >= 0.3 is 0 Å². The number of carbonyl (C=O) groups is 1. The van der Waals surface area contributed by atoms with E-state index in [0.717, 1.165) is 44.0 Å². The van der Waals surface area contributed by atoms with Crippen molar-refractivity contribution in [3.63, 3.8) is 0 Å². The highest BCUT2D eigenvalue weighted by molar-refractivity contribution is 6.30. The third-order valence-electron chi connectivity index (χ3n) is 5.70. The van der Waals surface area contributed by atoms with Gasteiger partial charge in [-0.1, -0.05) is 17.7 Å². The maximum atomic E-state index is 12.8. The molecule has 1 aromatic carbocycles. The zero-order valence-electron chi connectivity index (χ0n) is 16.4. The van der Waals surface area contributed by atoms with Crippen LogP contribution in [0.4, 0.5) is 11.6 Å². The Balaban J connectivity index is 1.45. The summed E-state index contributed by atoms with van der Waals surface area (Å²) in [6, 6.07) is 9.24. The van der Waals surface area contributed by atoms with Crippen molar-refractivity contribution in [1.82, 2.24) is 14.9 Å². The Morgan fingerprint density at radius 1 is 1.07 bits per heavy atom. The van der Waals surface area contributed by atoms with Gasteiger partial charge in [0.2, 0.25) is 0 Å². The summed E-state index contributed by atoms with van der Waals surface area (Å²) in [7, 11) is 0. The molecular weight excluding hydrogens is 390 g/mol. The standard InChI is InChI=1S/C21H26ClN5O2/c22-17-5-1-4-16(12-17)21(29)26-8-3-7-25(10-11-26)19-13-20(24-15-23-19)27-9-2-6-18(27)14-28/h1,4-5,12-13,15,18,28H,2-3,6-11,14H2. The number of hydrogen-bond donors (Lipinski definition) is 1. The van der Waals surface area contributed by atoms with Crippen LogP contribution in [-0.4, -0.2) is 71.3 Å². The van der Waals surface area contributed by atoms with Crippen LogP contribution < -0.4 is 9.80 Å². The van der Waals surface area contributed by atoms with E-state index in [1.54, 1.807) is 30.6 Å². The number of aliphatic hydroxyl groups is 1. The molecule has 2 saturated heterocycles. The largest absolute Gasteiger partial charge is 0.394 e. The minimum absolute atomic E-state index is 0.0144. The van der Waals surface area contributed by atoms with Gasteiger partial charge in [-0.25, -0.2) is 9.97 Å². The fourth-order valence-electron chi connectivity index (χ4n) is 4.15. The van der Waals surface area contributed by atoms with E-state index in [9.17, 15) is 9.90 Å². The van der Waals surface area contributed by atoms with Crippen molar-refractivity contribution < 1.29 is 9.90 Å². The SMILES string of the molecule is O=C(c1cccc(Cl)c1)N1CCCN(c2cc(N3CCCC3CO)ncn2)CC1. The summed E-state index contributed by atoms with van der Waals surface area (Å²) in [5.74, 6) is 1.75. The smallest absolute Gasteiger partial charge is 0.253 e. The minimum atomic E-state index is 0.0144. The molecule has 0 saturated carbocycles. The maximum absolute atomic E-state index is 12.8. The van der Waals surface area contributed by atoms with Crippen LogP contribution in [0.5, 0.6) is 0 Å². The molecule has 7 nitrogen and oxygen atoms in total. The number of rotatable bonds is 4. The molecule has 2 aliphatic rings. The number of amides is 1. The molecule has 0 aliphatic carbocycles. The molecule has 8 heteroatoms. The van der Waals surface area contributed by atoms with Crippen molar-refractivity contribution in [1.29, 1.82) is 0 Å². The second kappa shape index (κ2) is 8.97. The quantitative estimate of drug-likeness (QED) is 0.826. The van der Waals surface area contributed by atoms with Crippen LogP contribution in [0.2, 0.25) is 5.02 Å². The van der Waals surface area contributed by atoms with Crippen LogP contribution in [0.25, 0.3) is 0 Å². The molecule has 0 radical (unpaired) electrons. The Labute approximate surface area is 175 Å². The number of anilines is 2. The fraction of sp³-hybridized carbons (Fsp3) is 0.476. The number of carbonyl (C=O) groups excluding carboxylic acids is 1. The molecule has 3 heterocycles. The van der Waals surface area contributed by atoms with Crippen LogP contribution in [0.15, 0.2) is 36.7 Å². The van der Waals surface area contributed by atoms with E-state index < -0.39 is 0 Å². The minimum Gasteiger partial charge on any atom is -0.394 e. The predicted octanol–water partition coefficient (Wildman–Crippen LogP) is 2.44. The first-order valence-electron chi connectivity index (χ1n) is 10.1. The van der Waals surface area contributed by atoms with Crippen molar-refractivity contribution in [2.24, 2.45) is 0 Å². The van der Waals surface area contributed by atoms with Gasteiger partial charge in [0.25, 0.3) is 5.91 Å². The number of halogens is 1. The molecule has 1 aromatic heterocycles. The van der Waals surface area contributed by atoms with E-state index in [4.69, 9.17) is 11.6 Å². The highest BCUT2D eigenvalue weighted by Gasteiger charge is 2.26. The summed E-state index contributed by atoms with van der Waals surface area (Å²) in [5, 5.41) is 10.2. The van der Waals surface area contributed by atoms with Crippen LogP contribution in [0.3, 0.4) is 0 Å². The van der Waals surface area contributed by atoms with E-state index >= 15 is 0 Å². The van der Waals surface area contributed by atoms with Gasteiger partial charge in [-0.15, -0.1) is 0 Å². The molecule has 29 heavy (non-hydrogen) atoms. The Morgan fingerprint density at radius 2 is 1.93 bits per heavy atom. The molecule has 1 N–H and O–H groups in total. The lowest BCUT2D eigenvalue weighted by Crippen LogP contribution is -2.36. The van der Waals surface area contributed by atoms with Crippen LogP contribution in [0.1, 0.15) is 29.6 Å². The zero-order chi connectivity index (χ0) is 20.2. The molecule has 0 spiro atoms. The number of nitrogens with zero attached hydrogens (tertiary/aromatic N) is 5. The lowest BCUT2D eigenvalue weighted by atomic mass is 10.2. The molecule has 1 unspecified atom stereocenters. The Bertz CT molecular complexity index is 864. The molecule has 154 valence electrons. The zero-order valence-corrected chi connectivity index (χ0v) is 17.1. The first-order valence-corrected chi connectivity index (χ1v) is 10.5. The van der Waals surface area contributed by atoms with Crippen molar-refractivity contribution >= 4 is 29.1 Å². The summed E-state index contributed by atoms with van der Waals surface area (Å²) < 4.78 is 0. The lowest BCUT2D eigenvalue weighted by molar-refractivity contribution is 0.0767. The molecule has 2 aliphatic heterocycles. The van der Waals surface area contributed by atoms with Gasteiger partial charge in [-0.2, -0.15) is 0 Å². The third kappa shape index (κ3) is 4.46. The second-order valence-corrected chi connectivity index (χ2v) is 7.99. The van der Waals surface area contributed by atoms with E-state index in [1.165, 1.54) is 0 Å². The van der Waals surface area contributed by atoms with Gasteiger partial charge in [0, 0.05) is 49.4 Å². The van der Waals surface area contributed by atoms with Crippen molar-refractivity contribution in [3.05, 3.63) is 47.2 Å². The molecule has 0 bridgehead atoms. The summed E-state index contributed by atoms with van der Waals surface area (Å²) in [6.07, 6.45) is 4.51. The molecule has 1 atom stereocenters. The van der Waals surface area contributed by atoms with E-state index in [-0.39, 0.29) is 18.6 Å². The van der Waals surface area contributed by atoms with Crippen molar-refractivity contribution in [2.75, 3.05) is 49.1 Å². The molecular formula is C21H26ClN5O2. The predicted molar refractivity (Wildman–Crippen MR) is 114 cm³/mol. The van der Waals surface area contributed by atoms with E-state index in [1.807, 2.05) is 11.0 Å². The highest BCUT2D eigenvalue weighted by Crippen LogP contribution is 2.26. The summed E-state index contributed by atoms with van der Waals surface area (Å²) in [5.41, 5.74) is 0.624. The van der Waals surface area contributed by atoms with Gasteiger partial charge in [-0.05, 0) is 37.5 Å². The van der Waals surface area contributed by atoms with E-state index in [2.05, 4.69) is 19.8 Å². The summed E-state index contributed by atoms with van der Waals surface area (Å²) in [4.78, 5) is 28.0. The number of aliphatic hydroxyl groups excluding tert-OH is 1. The second-order valence-electron chi connectivity index (χ2n) is 7.55. The number of benzene rings is 1. The monoisotopic (exact) mass is 415 g/mol. The lowest BCUT2D eigenvalue weighted by Gasteiger charge is -2.26. The Morgan fingerprint density at radius 3 is 2.76 bits per heavy atom. The Kier molecular flexibility index (Phi) is 6.16. The highest BCUT2D eigenvalue weighted by atomic mass is 35.5. The van der Waals surface area contributed by atoms with E-state index in [0.29, 0.717) is 30.2 Å². The molecule has 1 amide bonds. The fourth-order valence-corrected chi connectivity index (χ4v) is 4.34. The van der Waals surface area contributed by atoms with Crippen molar-refractivity contribution in [3.8, 4) is 0 Å². The first kappa shape index (κ1) is 19.9. The van der Waals surface area contributed by atoms with Gasteiger partial charge < -0.3 is 19.8 Å². The van der Waals surface area contributed by atoms with Crippen LogP contribution >= 0.6 is 11.6 Å². The van der Waals surface area contributed by atoms with Gasteiger partial charge in [0.15, 0.2) is 0 Å². The molecule has 2 fully saturated rings. The summed E-state index contributed by atoms with van der Waals surface area (Å²) in [6.45, 7) is 3.94. The third-order valence-corrected chi connectivity index (χ3v) is 5.93. The topological polar surface area (TPSA) is 72.8 Å². The molecule has 2 aromatic rings. The van der Waals surface area contributed by atoms with Gasteiger partial charge in [0.05, 0.1) is 12.6 Å². The molecule has 4 rings (SSSR count). The van der Waals surface area contributed by atoms with Gasteiger partial charge in [-0.3, -0.25) is 4.79 Å². The Hall–Kier alpha value is -2.38. The van der Waals surface area contributed by atoms with Crippen molar-refractivity contribution in [2.45, 2.75) is 25.3 Å². The summed E-state index contributed by atoms with van der Waals surface area (Å²) >= 11 is 6.04. The number of aromatic nitrogens is 2.